The smallest absolute Gasteiger partial charge is 0.227 e. The normalized spacial score (nSPS) is 16.4. The fraction of sp³-hybridized carbons (Fsp3) is 0.231. The average Bonchev–Trinajstić information content (AvgIpc) is 3.30. The highest BCUT2D eigenvalue weighted by molar-refractivity contribution is 5.97. The van der Waals surface area contributed by atoms with Gasteiger partial charge in [-0.1, -0.05) is 42.0 Å². The molecule has 1 saturated heterocycles. The maximum absolute atomic E-state index is 13.4. The minimum absolute atomic E-state index is 0.000974. The number of hydrogen-bond donors (Lipinski definition) is 0. The van der Waals surface area contributed by atoms with Crippen molar-refractivity contribution < 1.29 is 9.18 Å². The molecule has 1 atom stereocenters. The fourth-order valence-electron chi connectivity index (χ4n) is 4.57. The van der Waals surface area contributed by atoms with Crippen LogP contribution in [0.4, 0.5) is 10.1 Å². The highest BCUT2D eigenvalue weighted by atomic mass is 19.1. The van der Waals surface area contributed by atoms with Crippen molar-refractivity contribution in [2.75, 3.05) is 11.4 Å². The second-order valence-corrected chi connectivity index (χ2v) is 8.37. The summed E-state index contributed by atoms with van der Waals surface area (Å²) in [6, 6.07) is 20.8. The molecule has 1 aromatic heterocycles. The third kappa shape index (κ3) is 3.61. The summed E-state index contributed by atoms with van der Waals surface area (Å²) >= 11 is 0. The monoisotopic (exact) mass is 413 g/mol. The first kappa shape index (κ1) is 19.5. The van der Waals surface area contributed by atoms with Gasteiger partial charge in [0, 0.05) is 31.1 Å². The highest BCUT2D eigenvalue weighted by Crippen LogP contribution is 2.35. The van der Waals surface area contributed by atoms with Gasteiger partial charge in [0.25, 0.3) is 0 Å². The lowest BCUT2D eigenvalue weighted by Gasteiger charge is -2.20. The Morgan fingerprint density at radius 1 is 1.03 bits per heavy atom. The summed E-state index contributed by atoms with van der Waals surface area (Å²) in [5.74, 6) is 0.787. The van der Waals surface area contributed by atoms with Crippen molar-refractivity contribution in [1.82, 2.24) is 9.55 Å². The SMILES string of the molecule is Cc1ccc(N2CC(c3nc4ccccc4n3Cc3ccc(F)cc3)CC2=O)c(C)c1. The van der Waals surface area contributed by atoms with Crippen molar-refractivity contribution in [3.05, 3.63) is 95.1 Å². The Labute approximate surface area is 181 Å². The van der Waals surface area contributed by atoms with E-state index in [0.29, 0.717) is 19.5 Å². The molecule has 4 nitrogen and oxygen atoms in total. The van der Waals surface area contributed by atoms with Crippen LogP contribution in [-0.2, 0) is 11.3 Å². The Balaban J connectivity index is 1.52. The number of benzene rings is 3. The molecule has 5 rings (SSSR count). The van der Waals surface area contributed by atoms with Crippen LogP contribution in [0, 0.1) is 19.7 Å². The number of nitrogens with zero attached hydrogens (tertiary/aromatic N) is 3. The molecule has 0 aliphatic carbocycles. The number of carbonyl (C=O) groups is 1. The molecule has 1 unspecified atom stereocenters. The molecule has 1 fully saturated rings. The number of imidazole rings is 1. The van der Waals surface area contributed by atoms with Crippen LogP contribution in [0.3, 0.4) is 0 Å². The maximum atomic E-state index is 13.4. The van der Waals surface area contributed by atoms with E-state index in [9.17, 15) is 9.18 Å². The molecule has 0 radical (unpaired) electrons. The molecular formula is C26H24FN3O. The van der Waals surface area contributed by atoms with Crippen molar-refractivity contribution in [2.24, 2.45) is 0 Å². The number of halogens is 1. The van der Waals surface area contributed by atoms with E-state index in [1.165, 1.54) is 17.7 Å². The molecule has 0 N–H and O–H groups in total. The number of hydrogen-bond acceptors (Lipinski definition) is 2. The Morgan fingerprint density at radius 2 is 1.81 bits per heavy atom. The van der Waals surface area contributed by atoms with Gasteiger partial charge in [0.1, 0.15) is 11.6 Å². The van der Waals surface area contributed by atoms with E-state index in [-0.39, 0.29) is 17.6 Å². The van der Waals surface area contributed by atoms with Gasteiger partial charge in [-0.25, -0.2) is 9.37 Å². The highest BCUT2D eigenvalue weighted by Gasteiger charge is 2.35. The van der Waals surface area contributed by atoms with E-state index in [1.54, 1.807) is 12.1 Å². The molecule has 2 heterocycles. The van der Waals surface area contributed by atoms with Crippen LogP contribution in [0.1, 0.15) is 34.9 Å². The Bertz CT molecular complexity index is 1280. The topological polar surface area (TPSA) is 38.1 Å². The van der Waals surface area contributed by atoms with Crippen molar-refractivity contribution in [1.29, 1.82) is 0 Å². The zero-order chi connectivity index (χ0) is 21.5. The van der Waals surface area contributed by atoms with Gasteiger partial charge in [-0.15, -0.1) is 0 Å². The molecule has 4 aromatic rings. The number of amides is 1. The van der Waals surface area contributed by atoms with Gasteiger partial charge in [-0.2, -0.15) is 0 Å². The van der Waals surface area contributed by atoms with E-state index in [4.69, 9.17) is 4.98 Å². The molecule has 1 aliphatic rings. The molecule has 0 saturated carbocycles. The quantitative estimate of drug-likeness (QED) is 0.452. The van der Waals surface area contributed by atoms with E-state index in [0.717, 1.165) is 33.7 Å². The van der Waals surface area contributed by atoms with Gasteiger partial charge in [0.05, 0.1) is 11.0 Å². The van der Waals surface area contributed by atoms with Gasteiger partial charge in [0.15, 0.2) is 0 Å². The predicted octanol–water partition coefficient (Wildman–Crippen LogP) is 5.36. The van der Waals surface area contributed by atoms with Crippen molar-refractivity contribution in [2.45, 2.75) is 32.7 Å². The lowest BCUT2D eigenvalue weighted by atomic mass is 10.1. The Kier molecular flexibility index (Phi) is 4.81. The van der Waals surface area contributed by atoms with Crippen molar-refractivity contribution in [3.8, 4) is 0 Å². The number of rotatable bonds is 4. The van der Waals surface area contributed by atoms with E-state index in [2.05, 4.69) is 17.6 Å². The first-order valence-electron chi connectivity index (χ1n) is 10.6. The summed E-state index contributed by atoms with van der Waals surface area (Å²) in [7, 11) is 0. The number of fused-ring (bicyclic) bond motifs is 1. The number of carbonyl (C=O) groups excluding carboxylic acids is 1. The minimum atomic E-state index is -0.245. The van der Waals surface area contributed by atoms with Gasteiger partial charge in [-0.3, -0.25) is 4.79 Å². The van der Waals surface area contributed by atoms with Gasteiger partial charge in [0.2, 0.25) is 5.91 Å². The van der Waals surface area contributed by atoms with E-state index >= 15 is 0 Å². The fourth-order valence-corrected chi connectivity index (χ4v) is 4.57. The molecule has 1 aliphatic heterocycles. The number of aromatic nitrogens is 2. The summed E-state index contributed by atoms with van der Waals surface area (Å²) in [4.78, 5) is 19.8. The molecule has 0 bridgehead atoms. The lowest BCUT2D eigenvalue weighted by molar-refractivity contribution is -0.117. The summed E-state index contributed by atoms with van der Waals surface area (Å²) < 4.78 is 15.6. The zero-order valence-corrected chi connectivity index (χ0v) is 17.7. The van der Waals surface area contributed by atoms with Crippen LogP contribution in [0.15, 0.2) is 66.7 Å². The van der Waals surface area contributed by atoms with Crippen LogP contribution in [0.2, 0.25) is 0 Å². The molecule has 1 amide bonds. The van der Waals surface area contributed by atoms with Gasteiger partial charge in [-0.05, 0) is 55.3 Å². The van der Waals surface area contributed by atoms with E-state index < -0.39 is 0 Å². The Morgan fingerprint density at radius 3 is 2.58 bits per heavy atom. The van der Waals surface area contributed by atoms with Crippen LogP contribution in [-0.4, -0.2) is 22.0 Å². The summed E-state index contributed by atoms with van der Waals surface area (Å²) in [5, 5.41) is 0. The van der Waals surface area contributed by atoms with Crippen LogP contribution < -0.4 is 4.90 Å². The summed E-state index contributed by atoms with van der Waals surface area (Å²) in [5.41, 5.74) is 6.20. The molecule has 3 aromatic carbocycles. The van der Waals surface area contributed by atoms with Crippen LogP contribution in [0.25, 0.3) is 11.0 Å². The number of para-hydroxylation sites is 2. The van der Waals surface area contributed by atoms with Gasteiger partial charge >= 0.3 is 0 Å². The largest absolute Gasteiger partial charge is 0.323 e. The molecule has 156 valence electrons. The lowest BCUT2D eigenvalue weighted by Crippen LogP contribution is -2.25. The third-order valence-electron chi connectivity index (χ3n) is 6.07. The number of anilines is 1. The standard InChI is InChI=1S/C26H24FN3O/c1-17-7-12-23(18(2)13-17)29-16-20(14-25(29)31)26-28-22-5-3-4-6-24(22)30(26)15-19-8-10-21(27)11-9-19/h3-13,20H,14-16H2,1-2H3. The minimum Gasteiger partial charge on any atom is -0.323 e. The van der Waals surface area contributed by atoms with Gasteiger partial charge < -0.3 is 9.47 Å². The molecule has 0 spiro atoms. The first-order valence-corrected chi connectivity index (χ1v) is 10.6. The Hall–Kier alpha value is -3.47. The second-order valence-electron chi connectivity index (χ2n) is 8.37. The van der Waals surface area contributed by atoms with Crippen LogP contribution in [0.5, 0.6) is 0 Å². The first-order chi connectivity index (χ1) is 15.0. The average molecular weight is 413 g/mol. The zero-order valence-electron chi connectivity index (χ0n) is 17.7. The second kappa shape index (κ2) is 7.65. The summed E-state index contributed by atoms with van der Waals surface area (Å²) in [6.45, 7) is 5.30. The summed E-state index contributed by atoms with van der Waals surface area (Å²) in [6.07, 6.45) is 0.431. The van der Waals surface area contributed by atoms with Crippen molar-refractivity contribution >= 4 is 22.6 Å². The maximum Gasteiger partial charge on any atom is 0.227 e. The van der Waals surface area contributed by atoms with E-state index in [1.807, 2.05) is 48.2 Å². The third-order valence-corrected chi connectivity index (χ3v) is 6.07. The van der Waals surface area contributed by atoms with Crippen LogP contribution >= 0.6 is 0 Å². The molecule has 5 heteroatoms. The van der Waals surface area contributed by atoms with Crippen molar-refractivity contribution in [3.63, 3.8) is 0 Å². The molecule has 31 heavy (non-hydrogen) atoms. The number of aryl methyl sites for hydroxylation is 2. The predicted molar refractivity (Wildman–Crippen MR) is 121 cm³/mol. The molecular weight excluding hydrogens is 389 g/mol.